The van der Waals surface area contributed by atoms with Crippen molar-refractivity contribution >= 4 is 22.6 Å². The molecule has 2 aromatic rings. The van der Waals surface area contributed by atoms with Crippen molar-refractivity contribution in [3.05, 3.63) is 27.6 Å². The zero-order valence-corrected chi connectivity index (χ0v) is 12.4. The van der Waals surface area contributed by atoms with E-state index < -0.39 is 0 Å². The first-order valence-electron chi connectivity index (χ1n) is 5.62. The lowest BCUT2D eigenvalue weighted by Crippen LogP contribution is -2.13. The van der Waals surface area contributed by atoms with Gasteiger partial charge in [-0.3, -0.25) is 4.68 Å². The third kappa shape index (κ3) is 3.05. The highest BCUT2D eigenvalue weighted by molar-refractivity contribution is 14.1. The molecule has 0 aliphatic rings. The van der Waals surface area contributed by atoms with Crippen LogP contribution in [0.5, 0.6) is 0 Å². The minimum Gasteiger partial charge on any atom is -0.264 e. The van der Waals surface area contributed by atoms with Crippen LogP contribution in [0.3, 0.4) is 0 Å². The Labute approximate surface area is 114 Å². The summed E-state index contributed by atoms with van der Waals surface area (Å²) in [5.74, 6) is 1.52. The summed E-state index contributed by atoms with van der Waals surface area (Å²) in [5, 5.41) is 8.67. The van der Waals surface area contributed by atoms with Crippen molar-refractivity contribution in [2.45, 2.75) is 33.9 Å². The van der Waals surface area contributed by atoms with E-state index in [4.69, 9.17) is 0 Å². The minimum atomic E-state index is 0.565. The van der Waals surface area contributed by atoms with Crippen LogP contribution >= 0.6 is 22.6 Å². The average molecular weight is 345 g/mol. The molecule has 0 bridgehead atoms. The van der Waals surface area contributed by atoms with E-state index in [1.807, 2.05) is 15.6 Å². The molecule has 6 heteroatoms. The van der Waals surface area contributed by atoms with Gasteiger partial charge in [-0.25, -0.2) is 9.67 Å². The van der Waals surface area contributed by atoms with Crippen molar-refractivity contribution in [1.29, 1.82) is 0 Å². The summed E-state index contributed by atoms with van der Waals surface area (Å²) in [5.41, 5.74) is 1.19. The first-order valence-corrected chi connectivity index (χ1v) is 6.70. The molecule has 0 atom stereocenters. The van der Waals surface area contributed by atoms with Gasteiger partial charge in [-0.2, -0.15) is 10.2 Å². The Balaban J connectivity index is 2.15. The Morgan fingerprint density at radius 3 is 2.76 bits per heavy atom. The summed E-state index contributed by atoms with van der Waals surface area (Å²) in [6, 6.07) is 0. The molecule has 2 rings (SSSR count). The summed E-state index contributed by atoms with van der Waals surface area (Å²) < 4.78 is 4.91. The topological polar surface area (TPSA) is 48.5 Å². The Morgan fingerprint density at radius 2 is 2.18 bits per heavy atom. The van der Waals surface area contributed by atoms with Gasteiger partial charge in [0, 0.05) is 18.3 Å². The van der Waals surface area contributed by atoms with Gasteiger partial charge in [0.05, 0.1) is 0 Å². The van der Waals surface area contributed by atoms with Gasteiger partial charge in [-0.05, 0) is 35.4 Å². The molecule has 0 saturated carbocycles. The van der Waals surface area contributed by atoms with Gasteiger partial charge in [0.15, 0.2) is 0 Å². The molecule has 0 aliphatic heterocycles. The molecular formula is C11H16IN5. The van der Waals surface area contributed by atoms with Crippen molar-refractivity contribution < 1.29 is 0 Å². The fraction of sp³-hybridized carbons (Fsp3) is 0.545. The number of halogens is 1. The number of aryl methyl sites for hydroxylation is 1. The second-order valence-corrected chi connectivity index (χ2v) is 5.57. The first kappa shape index (κ1) is 12.5. The molecule has 0 radical (unpaired) electrons. The Morgan fingerprint density at radius 1 is 1.41 bits per heavy atom. The molecule has 0 amide bonds. The normalized spacial score (nSPS) is 11.4. The second-order valence-electron chi connectivity index (χ2n) is 4.55. The molecule has 2 heterocycles. The number of hydrogen-bond acceptors (Lipinski definition) is 3. The van der Waals surface area contributed by atoms with Crippen LogP contribution in [0.4, 0.5) is 0 Å². The van der Waals surface area contributed by atoms with Crippen LogP contribution in [-0.2, 0) is 13.1 Å². The molecule has 0 aromatic carbocycles. The number of hydrogen-bond donors (Lipinski definition) is 0. The lowest BCUT2D eigenvalue weighted by Gasteiger charge is -2.08. The Bertz CT molecular complexity index is 480. The summed E-state index contributed by atoms with van der Waals surface area (Å²) in [6.07, 6.45) is 3.65. The Hall–Kier alpha value is -0.920. The predicted octanol–water partition coefficient (Wildman–Crippen LogP) is 2.09. The van der Waals surface area contributed by atoms with E-state index in [1.54, 1.807) is 6.33 Å². The quantitative estimate of drug-likeness (QED) is 0.798. The summed E-state index contributed by atoms with van der Waals surface area (Å²) in [4.78, 5) is 4.29. The van der Waals surface area contributed by atoms with Crippen LogP contribution in [0.1, 0.15) is 25.2 Å². The minimum absolute atomic E-state index is 0.565. The van der Waals surface area contributed by atoms with E-state index in [1.165, 1.54) is 5.56 Å². The number of aromatic nitrogens is 5. The molecule has 0 aliphatic carbocycles. The van der Waals surface area contributed by atoms with E-state index >= 15 is 0 Å². The standard InChI is InChI=1S/C11H16IN5/c1-8(2)4-17-10(13-7-14-17)6-16-5-9(3)11(12)15-16/h5,7-8H,4,6H2,1-3H3. The predicted molar refractivity (Wildman–Crippen MR) is 73.6 cm³/mol. The van der Waals surface area contributed by atoms with Gasteiger partial charge in [0.2, 0.25) is 0 Å². The molecule has 92 valence electrons. The summed E-state index contributed by atoms with van der Waals surface area (Å²) >= 11 is 2.24. The zero-order chi connectivity index (χ0) is 12.4. The van der Waals surface area contributed by atoms with Crippen LogP contribution in [0.15, 0.2) is 12.5 Å². The maximum atomic E-state index is 4.43. The highest BCUT2D eigenvalue weighted by Crippen LogP contribution is 2.09. The second kappa shape index (κ2) is 5.16. The van der Waals surface area contributed by atoms with Crippen LogP contribution in [0.25, 0.3) is 0 Å². The van der Waals surface area contributed by atoms with Gasteiger partial charge in [0.25, 0.3) is 0 Å². The van der Waals surface area contributed by atoms with Crippen molar-refractivity contribution in [1.82, 2.24) is 24.5 Å². The molecule has 5 nitrogen and oxygen atoms in total. The van der Waals surface area contributed by atoms with Crippen molar-refractivity contribution in [2.75, 3.05) is 0 Å². The molecule has 0 saturated heterocycles. The van der Waals surface area contributed by atoms with Crippen LogP contribution in [-0.4, -0.2) is 24.5 Å². The molecule has 0 N–H and O–H groups in total. The van der Waals surface area contributed by atoms with Gasteiger partial charge in [-0.15, -0.1) is 0 Å². The fourth-order valence-electron chi connectivity index (χ4n) is 1.63. The van der Waals surface area contributed by atoms with Gasteiger partial charge in [0.1, 0.15) is 22.4 Å². The molecule has 2 aromatic heterocycles. The van der Waals surface area contributed by atoms with Crippen LogP contribution in [0, 0.1) is 16.5 Å². The van der Waals surface area contributed by atoms with Gasteiger partial charge in [-0.1, -0.05) is 13.8 Å². The summed E-state index contributed by atoms with van der Waals surface area (Å²) in [7, 11) is 0. The highest BCUT2D eigenvalue weighted by Gasteiger charge is 2.08. The van der Waals surface area contributed by atoms with Crippen molar-refractivity contribution in [2.24, 2.45) is 5.92 Å². The highest BCUT2D eigenvalue weighted by atomic mass is 127. The Kier molecular flexibility index (Phi) is 3.80. The van der Waals surface area contributed by atoms with E-state index in [0.717, 1.165) is 16.1 Å². The van der Waals surface area contributed by atoms with E-state index in [2.05, 4.69) is 58.5 Å². The third-order valence-electron chi connectivity index (χ3n) is 2.42. The molecule has 17 heavy (non-hydrogen) atoms. The smallest absolute Gasteiger partial charge is 0.148 e. The number of rotatable bonds is 4. The summed E-state index contributed by atoms with van der Waals surface area (Å²) in [6.45, 7) is 7.98. The van der Waals surface area contributed by atoms with E-state index in [0.29, 0.717) is 12.5 Å². The monoisotopic (exact) mass is 345 g/mol. The van der Waals surface area contributed by atoms with Gasteiger partial charge >= 0.3 is 0 Å². The lowest BCUT2D eigenvalue weighted by atomic mass is 10.2. The molecular weight excluding hydrogens is 329 g/mol. The van der Waals surface area contributed by atoms with Crippen molar-refractivity contribution in [3.8, 4) is 0 Å². The van der Waals surface area contributed by atoms with Crippen LogP contribution in [0.2, 0.25) is 0 Å². The van der Waals surface area contributed by atoms with E-state index in [-0.39, 0.29) is 0 Å². The SMILES string of the molecule is Cc1cn(Cc2ncnn2CC(C)C)nc1I. The zero-order valence-electron chi connectivity index (χ0n) is 10.3. The molecule has 0 unspecified atom stereocenters. The van der Waals surface area contributed by atoms with Crippen LogP contribution < -0.4 is 0 Å². The maximum Gasteiger partial charge on any atom is 0.148 e. The lowest BCUT2D eigenvalue weighted by molar-refractivity contribution is 0.456. The number of nitrogens with zero attached hydrogens (tertiary/aromatic N) is 5. The maximum absolute atomic E-state index is 4.43. The van der Waals surface area contributed by atoms with Crippen molar-refractivity contribution in [3.63, 3.8) is 0 Å². The first-order chi connectivity index (χ1) is 8.06. The van der Waals surface area contributed by atoms with Gasteiger partial charge < -0.3 is 0 Å². The molecule has 0 fully saturated rings. The largest absolute Gasteiger partial charge is 0.264 e. The fourth-order valence-corrected chi connectivity index (χ4v) is 2.05. The van der Waals surface area contributed by atoms with E-state index in [9.17, 15) is 0 Å². The molecule has 0 spiro atoms. The third-order valence-corrected chi connectivity index (χ3v) is 3.49. The average Bonchev–Trinajstić information content (AvgIpc) is 2.76.